The van der Waals surface area contributed by atoms with Crippen LogP contribution in [0.2, 0.25) is 0 Å². The van der Waals surface area contributed by atoms with Gasteiger partial charge >= 0.3 is 6.36 Å². The average Bonchev–Trinajstić information content (AvgIpc) is 2.94. The van der Waals surface area contributed by atoms with E-state index in [0.29, 0.717) is 0 Å². The van der Waals surface area contributed by atoms with E-state index in [1.807, 2.05) is 4.90 Å². The SMILES string of the molecule is Cl.NC(=Nc1ccc(OC(F)(F)F)c(F)c1)/N=C(/N)N1CCCC1. The number of alkyl halides is 3. The molecule has 1 aliphatic heterocycles. The smallest absolute Gasteiger partial charge is 0.403 e. The van der Waals surface area contributed by atoms with Gasteiger partial charge in [0.25, 0.3) is 0 Å². The topological polar surface area (TPSA) is 89.2 Å². The van der Waals surface area contributed by atoms with Crippen molar-refractivity contribution in [3.63, 3.8) is 0 Å². The summed E-state index contributed by atoms with van der Waals surface area (Å²) in [6.45, 7) is 1.53. The van der Waals surface area contributed by atoms with Crippen LogP contribution >= 0.6 is 12.4 Å². The second-order valence-corrected chi connectivity index (χ2v) is 4.80. The van der Waals surface area contributed by atoms with Gasteiger partial charge in [-0.3, -0.25) is 0 Å². The van der Waals surface area contributed by atoms with Gasteiger partial charge in [-0.2, -0.15) is 4.99 Å². The lowest BCUT2D eigenvalue weighted by molar-refractivity contribution is -0.275. The Bertz CT molecular complexity index is 629. The van der Waals surface area contributed by atoms with Crippen LogP contribution in [-0.2, 0) is 0 Å². The van der Waals surface area contributed by atoms with E-state index in [2.05, 4.69) is 14.7 Å². The van der Waals surface area contributed by atoms with Crippen LogP contribution in [0.25, 0.3) is 0 Å². The third-order valence-corrected chi connectivity index (χ3v) is 3.04. The van der Waals surface area contributed by atoms with Crippen molar-refractivity contribution in [3.8, 4) is 5.75 Å². The van der Waals surface area contributed by atoms with Crippen molar-refractivity contribution in [2.24, 2.45) is 21.5 Å². The molecule has 0 radical (unpaired) electrons. The minimum atomic E-state index is -4.97. The quantitative estimate of drug-likeness (QED) is 0.476. The summed E-state index contributed by atoms with van der Waals surface area (Å²) >= 11 is 0. The number of rotatable bonds is 2. The van der Waals surface area contributed by atoms with Crippen LogP contribution in [0, 0.1) is 5.82 Å². The minimum Gasteiger partial charge on any atom is -0.403 e. The fourth-order valence-electron chi connectivity index (χ4n) is 2.06. The minimum absolute atomic E-state index is 0. The molecule has 1 aliphatic rings. The number of benzene rings is 1. The van der Waals surface area contributed by atoms with Crippen molar-refractivity contribution >= 4 is 30.0 Å². The summed E-state index contributed by atoms with van der Waals surface area (Å²) < 4.78 is 53.2. The molecule has 1 fully saturated rings. The van der Waals surface area contributed by atoms with Crippen LogP contribution in [-0.4, -0.2) is 36.3 Å². The van der Waals surface area contributed by atoms with Crippen LogP contribution in [0.4, 0.5) is 23.2 Å². The summed E-state index contributed by atoms with van der Waals surface area (Å²) in [5.41, 5.74) is 11.3. The number of halogens is 5. The predicted molar refractivity (Wildman–Crippen MR) is 84.0 cm³/mol. The first-order chi connectivity index (χ1) is 10.7. The van der Waals surface area contributed by atoms with Crippen molar-refractivity contribution in [1.29, 1.82) is 0 Å². The summed E-state index contributed by atoms with van der Waals surface area (Å²) in [4.78, 5) is 9.50. The number of nitrogens with zero attached hydrogens (tertiary/aromatic N) is 3. The van der Waals surface area contributed by atoms with E-state index in [0.717, 1.165) is 44.1 Å². The number of aliphatic imine (C=N–C) groups is 2. The maximum Gasteiger partial charge on any atom is 0.573 e. The monoisotopic (exact) mass is 369 g/mol. The van der Waals surface area contributed by atoms with Crippen molar-refractivity contribution in [2.45, 2.75) is 19.2 Å². The van der Waals surface area contributed by atoms with Gasteiger partial charge in [0, 0.05) is 19.2 Å². The molecular weight excluding hydrogens is 354 g/mol. The van der Waals surface area contributed by atoms with E-state index in [1.165, 1.54) is 0 Å². The summed E-state index contributed by atoms with van der Waals surface area (Å²) in [6, 6.07) is 2.69. The molecule has 0 bridgehead atoms. The molecule has 2 rings (SSSR count). The highest BCUT2D eigenvalue weighted by atomic mass is 35.5. The second-order valence-electron chi connectivity index (χ2n) is 4.80. The molecule has 11 heteroatoms. The third-order valence-electron chi connectivity index (χ3n) is 3.04. The van der Waals surface area contributed by atoms with Gasteiger partial charge in [-0.25, -0.2) is 9.38 Å². The Labute approximate surface area is 141 Å². The molecule has 24 heavy (non-hydrogen) atoms. The number of guanidine groups is 2. The first-order valence-electron chi connectivity index (χ1n) is 6.73. The molecule has 1 heterocycles. The van der Waals surface area contributed by atoms with Crippen LogP contribution in [0.15, 0.2) is 28.2 Å². The molecule has 0 aromatic heterocycles. The Morgan fingerprint density at radius 3 is 2.33 bits per heavy atom. The lowest BCUT2D eigenvalue weighted by Crippen LogP contribution is -2.36. The van der Waals surface area contributed by atoms with E-state index in [1.54, 1.807) is 0 Å². The molecule has 6 nitrogen and oxygen atoms in total. The maximum absolute atomic E-state index is 13.5. The molecule has 0 saturated carbocycles. The molecule has 0 amide bonds. The van der Waals surface area contributed by atoms with Crippen molar-refractivity contribution in [1.82, 2.24) is 4.90 Å². The van der Waals surface area contributed by atoms with E-state index >= 15 is 0 Å². The van der Waals surface area contributed by atoms with Gasteiger partial charge in [0.1, 0.15) is 0 Å². The molecule has 0 spiro atoms. The zero-order chi connectivity index (χ0) is 17.0. The van der Waals surface area contributed by atoms with Gasteiger partial charge in [-0.1, -0.05) is 0 Å². The summed E-state index contributed by atoms with van der Waals surface area (Å²) in [7, 11) is 0. The molecule has 0 atom stereocenters. The first kappa shape index (κ1) is 19.8. The lowest BCUT2D eigenvalue weighted by Gasteiger charge is -2.15. The normalized spacial score (nSPS) is 16.1. The second kappa shape index (κ2) is 8.04. The van der Waals surface area contributed by atoms with E-state index in [9.17, 15) is 17.6 Å². The third kappa shape index (κ3) is 5.76. The number of likely N-dealkylation sites (tertiary alicyclic amines) is 1. The summed E-state index contributed by atoms with van der Waals surface area (Å²) in [5.74, 6) is -2.19. The van der Waals surface area contributed by atoms with Crippen molar-refractivity contribution < 1.29 is 22.3 Å². The molecule has 0 unspecified atom stereocenters. The number of ether oxygens (including phenoxy) is 1. The van der Waals surface area contributed by atoms with Gasteiger partial charge < -0.3 is 21.1 Å². The molecule has 1 saturated heterocycles. The Hall–Kier alpha value is -2.23. The van der Waals surface area contributed by atoms with Gasteiger partial charge in [0.2, 0.25) is 5.96 Å². The number of hydrogen-bond donors (Lipinski definition) is 2. The molecule has 134 valence electrons. The molecular formula is C13H16ClF4N5O. The summed E-state index contributed by atoms with van der Waals surface area (Å²) in [6.07, 6.45) is -2.97. The highest BCUT2D eigenvalue weighted by Crippen LogP contribution is 2.28. The highest BCUT2D eigenvalue weighted by Gasteiger charge is 2.32. The standard InChI is InChI=1S/C13H15F4N5O.ClH/c14-9-7-8(3-4-10(9)23-13(15,16)17)20-11(18)21-12(19)22-5-1-2-6-22;/h3-4,7H,1-2,5-6H2,(H4,18,19,20,21);1H. The average molecular weight is 370 g/mol. The van der Waals surface area contributed by atoms with Gasteiger partial charge in [0.05, 0.1) is 5.69 Å². The van der Waals surface area contributed by atoms with E-state index < -0.39 is 17.9 Å². The van der Waals surface area contributed by atoms with Crippen molar-refractivity contribution in [2.75, 3.05) is 13.1 Å². The Balaban J connectivity index is 0.00000288. The Morgan fingerprint density at radius 1 is 1.17 bits per heavy atom. The maximum atomic E-state index is 13.5. The highest BCUT2D eigenvalue weighted by molar-refractivity contribution is 5.94. The van der Waals surface area contributed by atoms with E-state index in [-0.39, 0.29) is 30.0 Å². The molecule has 0 aliphatic carbocycles. The predicted octanol–water partition coefficient (Wildman–Crippen LogP) is 2.50. The zero-order valence-electron chi connectivity index (χ0n) is 12.4. The van der Waals surface area contributed by atoms with Crippen LogP contribution in [0.3, 0.4) is 0 Å². The number of hydrogen-bond acceptors (Lipinski definition) is 2. The van der Waals surface area contributed by atoms with Gasteiger partial charge in [-0.15, -0.1) is 25.6 Å². The summed E-state index contributed by atoms with van der Waals surface area (Å²) in [5, 5.41) is 0. The fourth-order valence-corrected chi connectivity index (χ4v) is 2.06. The van der Waals surface area contributed by atoms with Crippen LogP contribution < -0.4 is 16.2 Å². The van der Waals surface area contributed by atoms with Crippen LogP contribution in [0.1, 0.15) is 12.8 Å². The molecule has 4 N–H and O–H groups in total. The first-order valence-corrected chi connectivity index (χ1v) is 6.73. The van der Waals surface area contributed by atoms with Crippen molar-refractivity contribution in [3.05, 3.63) is 24.0 Å². The number of nitrogens with two attached hydrogens (primary N) is 2. The Kier molecular flexibility index (Phi) is 6.64. The largest absolute Gasteiger partial charge is 0.573 e. The zero-order valence-corrected chi connectivity index (χ0v) is 13.2. The van der Waals surface area contributed by atoms with Crippen LogP contribution in [0.5, 0.6) is 5.75 Å². The molecule has 1 aromatic rings. The fraction of sp³-hybridized carbons (Fsp3) is 0.385. The van der Waals surface area contributed by atoms with Gasteiger partial charge in [0.15, 0.2) is 17.5 Å². The lowest BCUT2D eigenvalue weighted by atomic mass is 10.3. The van der Waals surface area contributed by atoms with E-state index in [4.69, 9.17) is 11.5 Å². The Morgan fingerprint density at radius 2 is 1.79 bits per heavy atom. The molecule has 1 aromatic carbocycles. The van der Waals surface area contributed by atoms with Gasteiger partial charge in [-0.05, 0) is 25.0 Å².